The van der Waals surface area contributed by atoms with Crippen molar-refractivity contribution in [1.82, 2.24) is 19.6 Å². The van der Waals surface area contributed by atoms with E-state index in [1.165, 1.54) is 23.7 Å². The number of fused-ring (bicyclic) bond motifs is 1. The third kappa shape index (κ3) is 4.29. The van der Waals surface area contributed by atoms with Crippen LogP contribution in [0.1, 0.15) is 12.5 Å². The van der Waals surface area contributed by atoms with E-state index in [9.17, 15) is 9.18 Å². The first-order valence-corrected chi connectivity index (χ1v) is 8.77. The molecule has 0 atom stereocenters. The highest BCUT2D eigenvalue weighted by molar-refractivity contribution is 5.87. The number of nitrogens with one attached hydrogen (secondary N) is 2. The van der Waals surface area contributed by atoms with Crippen LogP contribution in [0.15, 0.2) is 54.9 Å². The molecule has 146 valence electrons. The van der Waals surface area contributed by atoms with Crippen molar-refractivity contribution in [3.05, 3.63) is 66.2 Å². The summed E-state index contributed by atoms with van der Waals surface area (Å²) in [6.45, 7) is 3.22. The first-order chi connectivity index (χ1) is 14.0. The molecule has 0 fully saturated rings. The Bertz CT molecular complexity index is 1210. The number of ether oxygens (including phenoxy) is 1. The summed E-state index contributed by atoms with van der Waals surface area (Å²) in [5.74, 6) is 1.08. The molecule has 0 spiro atoms. The monoisotopic (exact) mass is 392 g/mol. The molecule has 1 amide bonds. The number of rotatable bonds is 5. The molecule has 29 heavy (non-hydrogen) atoms. The van der Waals surface area contributed by atoms with Crippen LogP contribution in [0.4, 0.5) is 21.8 Å². The Morgan fingerprint density at radius 1 is 1.14 bits per heavy atom. The molecule has 8 nitrogen and oxygen atoms in total. The zero-order valence-electron chi connectivity index (χ0n) is 15.7. The summed E-state index contributed by atoms with van der Waals surface area (Å²) in [5.41, 5.74) is 1.70. The van der Waals surface area contributed by atoms with Gasteiger partial charge in [0.25, 0.3) is 0 Å². The summed E-state index contributed by atoms with van der Waals surface area (Å²) in [4.78, 5) is 19.5. The van der Waals surface area contributed by atoms with Crippen molar-refractivity contribution >= 4 is 29.0 Å². The normalized spacial score (nSPS) is 10.7. The van der Waals surface area contributed by atoms with Gasteiger partial charge in [-0.25, -0.2) is 13.9 Å². The molecule has 0 aliphatic carbocycles. The van der Waals surface area contributed by atoms with Crippen LogP contribution in [-0.4, -0.2) is 25.5 Å². The van der Waals surface area contributed by atoms with Gasteiger partial charge in [0.2, 0.25) is 11.9 Å². The molecule has 4 aromatic rings. The highest BCUT2D eigenvalue weighted by atomic mass is 19.1. The summed E-state index contributed by atoms with van der Waals surface area (Å²) >= 11 is 0. The minimum atomic E-state index is -0.374. The topological polar surface area (TPSA) is 93.4 Å². The largest absolute Gasteiger partial charge is 0.456 e. The first-order valence-electron chi connectivity index (χ1n) is 8.77. The van der Waals surface area contributed by atoms with E-state index in [1.807, 2.05) is 6.92 Å². The fraction of sp³-hybridized carbons (Fsp3) is 0.100. The third-order valence-electron chi connectivity index (χ3n) is 3.95. The summed E-state index contributed by atoms with van der Waals surface area (Å²) in [7, 11) is 0. The van der Waals surface area contributed by atoms with E-state index in [-0.39, 0.29) is 17.7 Å². The summed E-state index contributed by atoms with van der Waals surface area (Å²) in [6, 6.07) is 11.6. The van der Waals surface area contributed by atoms with E-state index in [0.29, 0.717) is 28.7 Å². The molecular formula is C20H17FN6O2. The molecule has 0 radical (unpaired) electrons. The van der Waals surface area contributed by atoms with E-state index in [4.69, 9.17) is 4.74 Å². The van der Waals surface area contributed by atoms with Crippen LogP contribution < -0.4 is 15.4 Å². The summed E-state index contributed by atoms with van der Waals surface area (Å²) in [6.07, 6.45) is 3.18. The molecule has 0 aliphatic heterocycles. The number of anilines is 3. The Morgan fingerprint density at radius 2 is 2.00 bits per heavy atom. The molecule has 9 heteroatoms. The molecule has 3 heterocycles. The number of aromatic nitrogens is 4. The standard InChI is InChI=1S/C20H17FN6O2/c1-12-3-5-17(16(21)9-12)24-20-25-19-6-4-15(11-27(19)26-20)29-14-7-8-22-18(10-14)23-13(2)28/h3-11H,1-2H3,(H,24,26)(H,22,23,28). The van der Waals surface area contributed by atoms with E-state index < -0.39 is 0 Å². The maximum Gasteiger partial charge on any atom is 0.247 e. The molecule has 1 aromatic carbocycles. The maximum absolute atomic E-state index is 14.0. The van der Waals surface area contributed by atoms with Gasteiger partial charge in [0, 0.05) is 19.2 Å². The van der Waals surface area contributed by atoms with Crippen LogP contribution in [0, 0.1) is 12.7 Å². The fourth-order valence-electron chi connectivity index (χ4n) is 2.68. The number of hydrogen-bond acceptors (Lipinski definition) is 6. The molecule has 0 saturated carbocycles. The van der Waals surface area contributed by atoms with Crippen molar-refractivity contribution in [2.24, 2.45) is 0 Å². The predicted octanol–water partition coefficient (Wildman–Crippen LogP) is 4.07. The Labute approximate surface area is 165 Å². The van der Waals surface area contributed by atoms with Crippen LogP contribution in [0.5, 0.6) is 11.5 Å². The number of pyridine rings is 2. The number of nitrogens with zero attached hydrogens (tertiary/aromatic N) is 4. The molecule has 0 saturated heterocycles. The van der Waals surface area contributed by atoms with E-state index in [0.717, 1.165) is 5.56 Å². The number of amides is 1. The lowest BCUT2D eigenvalue weighted by Gasteiger charge is -2.07. The molecule has 4 rings (SSSR count). The number of aryl methyl sites for hydroxylation is 1. The third-order valence-corrected chi connectivity index (χ3v) is 3.95. The molecule has 0 aliphatic rings. The van der Waals surface area contributed by atoms with E-state index >= 15 is 0 Å². The average Bonchev–Trinajstić information content (AvgIpc) is 3.05. The minimum Gasteiger partial charge on any atom is -0.456 e. The van der Waals surface area contributed by atoms with Crippen molar-refractivity contribution in [2.45, 2.75) is 13.8 Å². The van der Waals surface area contributed by atoms with Crippen LogP contribution >= 0.6 is 0 Å². The predicted molar refractivity (Wildman–Crippen MR) is 106 cm³/mol. The SMILES string of the molecule is CC(=O)Nc1cc(Oc2ccc3nc(Nc4ccc(C)cc4F)nn3c2)ccn1. The lowest BCUT2D eigenvalue weighted by atomic mass is 10.2. The maximum atomic E-state index is 14.0. The minimum absolute atomic E-state index is 0.219. The number of carbonyl (C=O) groups excluding carboxylic acids is 1. The number of carbonyl (C=O) groups is 1. The highest BCUT2D eigenvalue weighted by Crippen LogP contribution is 2.24. The second kappa shape index (κ2) is 7.55. The van der Waals surface area contributed by atoms with Gasteiger partial charge in [-0.15, -0.1) is 5.10 Å². The lowest BCUT2D eigenvalue weighted by Crippen LogP contribution is -2.07. The zero-order valence-corrected chi connectivity index (χ0v) is 15.7. The van der Waals surface area contributed by atoms with Gasteiger partial charge in [0.05, 0.1) is 11.9 Å². The van der Waals surface area contributed by atoms with Crippen molar-refractivity contribution in [2.75, 3.05) is 10.6 Å². The van der Waals surface area contributed by atoms with Gasteiger partial charge in [-0.2, -0.15) is 4.98 Å². The van der Waals surface area contributed by atoms with Crippen molar-refractivity contribution < 1.29 is 13.9 Å². The van der Waals surface area contributed by atoms with Gasteiger partial charge in [0.15, 0.2) is 5.65 Å². The van der Waals surface area contributed by atoms with Gasteiger partial charge >= 0.3 is 0 Å². The van der Waals surface area contributed by atoms with Crippen molar-refractivity contribution in [1.29, 1.82) is 0 Å². The van der Waals surface area contributed by atoms with Gasteiger partial charge < -0.3 is 15.4 Å². The Kier molecular flexibility index (Phi) is 4.78. The summed E-state index contributed by atoms with van der Waals surface area (Å²) in [5, 5.41) is 9.78. The van der Waals surface area contributed by atoms with Gasteiger partial charge in [-0.05, 0) is 42.8 Å². The van der Waals surface area contributed by atoms with Gasteiger partial charge in [0.1, 0.15) is 23.1 Å². The molecule has 0 bridgehead atoms. The van der Waals surface area contributed by atoms with Crippen molar-refractivity contribution in [3.8, 4) is 11.5 Å². The van der Waals surface area contributed by atoms with E-state index in [1.54, 1.807) is 42.6 Å². The van der Waals surface area contributed by atoms with Crippen molar-refractivity contribution in [3.63, 3.8) is 0 Å². The quantitative estimate of drug-likeness (QED) is 0.532. The molecule has 2 N–H and O–H groups in total. The van der Waals surface area contributed by atoms with Crippen LogP contribution in [0.3, 0.4) is 0 Å². The number of halogens is 1. The van der Waals surface area contributed by atoms with Crippen LogP contribution in [0.2, 0.25) is 0 Å². The number of hydrogen-bond donors (Lipinski definition) is 2. The Hall–Kier alpha value is -4.01. The first kappa shape index (κ1) is 18.4. The second-order valence-electron chi connectivity index (χ2n) is 6.37. The smallest absolute Gasteiger partial charge is 0.247 e. The van der Waals surface area contributed by atoms with Gasteiger partial charge in [-0.1, -0.05) is 6.07 Å². The average molecular weight is 392 g/mol. The molecule has 3 aromatic heterocycles. The number of benzene rings is 1. The second-order valence-corrected chi connectivity index (χ2v) is 6.37. The van der Waals surface area contributed by atoms with E-state index in [2.05, 4.69) is 25.7 Å². The Morgan fingerprint density at radius 3 is 2.79 bits per heavy atom. The molecular weight excluding hydrogens is 375 g/mol. The Balaban J connectivity index is 1.55. The molecule has 0 unspecified atom stereocenters. The van der Waals surface area contributed by atoms with Crippen LogP contribution in [-0.2, 0) is 4.79 Å². The zero-order chi connectivity index (χ0) is 20.4. The van der Waals surface area contributed by atoms with Crippen LogP contribution in [0.25, 0.3) is 5.65 Å². The van der Waals surface area contributed by atoms with Gasteiger partial charge in [-0.3, -0.25) is 4.79 Å². The lowest BCUT2D eigenvalue weighted by molar-refractivity contribution is -0.114. The fourth-order valence-corrected chi connectivity index (χ4v) is 2.68. The summed E-state index contributed by atoms with van der Waals surface area (Å²) < 4.78 is 21.4. The highest BCUT2D eigenvalue weighted by Gasteiger charge is 2.09.